The van der Waals surface area contributed by atoms with Gasteiger partial charge >= 0.3 is 0 Å². The van der Waals surface area contributed by atoms with E-state index in [9.17, 15) is 0 Å². The van der Waals surface area contributed by atoms with Gasteiger partial charge in [0.1, 0.15) is 0 Å². The molecule has 1 aliphatic rings. The summed E-state index contributed by atoms with van der Waals surface area (Å²) in [7, 11) is 0. The van der Waals surface area contributed by atoms with Crippen LogP contribution in [0.4, 0.5) is 0 Å². The number of hydrogen-bond donors (Lipinski definition) is 0. The largest absolute Gasteiger partial charge is 0.377 e. The predicted molar refractivity (Wildman–Crippen MR) is 65.3 cm³/mol. The topological polar surface area (TPSA) is 9.23 Å². The molecule has 1 aromatic carbocycles. The van der Waals surface area contributed by atoms with Gasteiger partial charge < -0.3 is 4.74 Å². The molecule has 82 valence electrons. The monoisotopic (exact) mass is 222 g/mol. The molecule has 0 bridgehead atoms. The van der Waals surface area contributed by atoms with Gasteiger partial charge in [0.2, 0.25) is 0 Å². The van der Waals surface area contributed by atoms with E-state index in [0.717, 1.165) is 13.0 Å². The summed E-state index contributed by atoms with van der Waals surface area (Å²) in [6.07, 6.45) is 1.56. The summed E-state index contributed by atoms with van der Waals surface area (Å²) in [5.41, 5.74) is 0. The lowest BCUT2D eigenvalue weighted by Crippen LogP contribution is -2.20. The van der Waals surface area contributed by atoms with Crippen molar-refractivity contribution in [1.82, 2.24) is 0 Å². The van der Waals surface area contributed by atoms with Crippen LogP contribution in [0.15, 0.2) is 35.2 Å². The van der Waals surface area contributed by atoms with Crippen LogP contribution in [-0.2, 0) is 4.74 Å². The Kier molecular flexibility index (Phi) is 3.71. The van der Waals surface area contributed by atoms with E-state index in [1.165, 1.54) is 4.90 Å². The summed E-state index contributed by atoms with van der Waals surface area (Å²) < 4.78 is 5.78. The molecule has 3 atom stereocenters. The number of rotatable bonds is 3. The number of ether oxygens (including phenoxy) is 1. The Morgan fingerprint density at radius 3 is 2.73 bits per heavy atom. The third kappa shape index (κ3) is 2.56. The lowest BCUT2D eigenvalue weighted by molar-refractivity contribution is 0.106. The van der Waals surface area contributed by atoms with Gasteiger partial charge in [-0.05, 0) is 24.5 Å². The summed E-state index contributed by atoms with van der Waals surface area (Å²) in [6.45, 7) is 5.42. The molecular weight excluding hydrogens is 204 g/mol. The van der Waals surface area contributed by atoms with Gasteiger partial charge in [-0.25, -0.2) is 0 Å². The van der Waals surface area contributed by atoms with E-state index in [1.807, 2.05) is 11.8 Å². The van der Waals surface area contributed by atoms with E-state index in [4.69, 9.17) is 4.74 Å². The highest BCUT2D eigenvalue weighted by molar-refractivity contribution is 8.00. The van der Waals surface area contributed by atoms with Crippen LogP contribution in [0.2, 0.25) is 0 Å². The first-order valence-corrected chi connectivity index (χ1v) is 6.52. The van der Waals surface area contributed by atoms with Crippen LogP contribution >= 0.6 is 11.8 Å². The normalized spacial score (nSPS) is 30.7. The van der Waals surface area contributed by atoms with E-state index in [-0.39, 0.29) is 0 Å². The second kappa shape index (κ2) is 5.04. The minimum absolute atomic E-state index is 0.435. The summed E-state index contributed by atoms with van der Waals surface area (Å²) in [5.74, 6) is 0.667. The molecule has 0 spiro atoms. The van der Waals surface area contributed by atoms with Crippen LogP contribution < -0.4 is 0 Å². The first-order chi connectivity index (χ1) is 7.31. The molecule has 2 rings (SSSR count). The van der Waals surface area contributed by atoms with Crippen molar-refractivity contribution in [2.45, 2.75) is 36.5 Å². The zero-order valence-electron chi connectivity index (χ0n) is 9.35. The lowest BCUT2D eigenvalue weighted by atomic mass is 10.1. The van der Waals surface area contributed by atoms with E-state index in [2.05, 4.69) is 44.2 Å². The van der Waals surface area contributed by atoms with Crippen LogP contribution in [-0.4, -0.2) is 18.0 Å². The maximum absolute atomic E-state index is 5.78. The van der Waals surface area contributed by atoms with Crippen molar-refractivity contribution < 1.29 is 4.74 Å². The molecule has 1 aromatic rings. The zero-order chi connectivity index (χ0) is 10.7. The van der Waals surface area contributed by atoms with E-state index in [0.29, 0.717) is 17.3 Å². The highest BCUT2D eigenvalue weighted by Crippen LogP contribution is 2.36. The van der Waals surface area contributed by atoms with Crippen LogP contribution in [0.5, 0.6) is 0 Å². The first-order valence-electron chi connectivity index (χ1n) is 5.64. The first kappa shape index (κ1) is 11.0. The minimum atomic E-state index is 0.435. The SMILES string of the molecule is CC[C@H]1OC[C@@H](C)[C@@H]1Sc1ccccc1. The van der Waals surface area contributed by atoms with Crippen molar-refractivity contribution in [3.8, 4) is 0 Å². The van der Waals surface area contributed by atoms with Gasteiger partial charge in [-0.1, -0.05) is 32.0 Å². The van der Waals surface area contributed by atoms with E-state index < -0.39 is 0 Å². The smallest absolute Gasteiger partial charge is 0.0698 e. The lowest BCUT2D eigenvalue weighted by Gasteiger charge is -2.19. The Morgan fingerprint density at radius 2 is 2.07 bits per heavy atom. The molecule has 1 aliphatic heterocycles. The minimum Gasteiger partial charge on any atom is -0.377 e. The highest BCUT2D eigenvalue weighted by Gasteiger charge is 2.33. The average molecular weight is 222 g/mol. The predicted octanol–water partition coefficient (Wildman–Crippen LogP) is 3.59. The molecule has 0 aromatic heterocycles. The molecule has 0 amide bonds. The second-order valence-electron chi connectivity index (χ2n) is 4.15. The fourth-order valence-corrected chi connectivity index (χ4v) is 3.39. The molecule has 0 aliphatic carbocycles. The Bertz CT molecular complexity index is 299. The van der Waals surface area contributed by atoms with Crippen molar-refractivity contribution in [2.24, 2.45) is 5.92 Å². The van der Waals surface area contributed by atoms with Gasteiger partial charge in [0.25, 0.3) is 0 Å². The molecule has 0 unspecified atom stereocenters. The van der Waals surface area contributed by atoms with Crippen molar-refractivity contribution in [3.63, 3.8) is 0 Å². The zero-order valence-corrected chi connectivity index (χ0v) is 10.2. The summed E-state index contributed by atoms with van der Waals surface area (Å²) in [5, 5.41) is 0.623. The molecule has 1 nitrogen and oxygen atoms in total. The Hall–Kier alpha value is -0.470. The van der Waals surface area contributed by atoms with Crippen LogP contribution in [0.1, 0.15) is 20.3 Å². The molecule has 1 heterocycles. The standard InChI is InChI=1S/C13H18OS/c1-3-12-13(10(2)9-14-12)15-11-7-5-4-6-8-11/h4-8,10,12-13H,3,9H2,1-2H3/t10-,12-,13+/m1/s1. The van der Waals surface area contributed by atoms with Crippen LogP contribution in [0.3, 0.4) is 0 Å². The summed E-state index contributed by atoms with van der Waals surface area (Å²) in [6, 6.07) is 10.6. The maximum Gasteiger partial charge on any atom is 0.0698 e. The fourth-order valence-electron chi connectivity index (χ4n) is 2.03. The number of hydrogen-bond acceptors (Lipinski definition) is 2. The third-order valence-corrected chi connectivity index (χ3v) is 4.50. The van der Waals surface area contributed by atoms with Crippen LogP contribution in [0.25, 0.3) is 0 Å². The van der Waals surface area contributed by atoms with Crippen molar-refractivity contribution in [2.75, 3.05) is 6.61 Å². The molecule has 1 fully saturated rings. The van der Waals surface area contributed by atoms with Gasteiger partial charge in [0.15, 0.2) is 0 Å². The Morgan fingerprint density at radius 1 is 1.33 bits per heavy atom. The Labute approximate surface area is 96.2 Å². The van der Waals surface area contributed by atoms with E-state index in [1.54, 1.807) is 0 Å². The van der Waals surface area contributed by atoms with Gasteiger partial charge in [-0.3, -0.25) is 0 Å². The molecule has 0 saturated carbocycles. The average Bonchev–Trinajstić information content (AvgIpc) is 2.62. The van der Waals surface area contributed by atoms with Gasteiger partial charge in [0, 0.05) is 10.1 Å². The molecule has 15 heavy (non-hydrogen) atoms. The number of thioether (sulfide) groups is 1. The summed E-state index contributed by atoms with van der Waals surface area (Å²) in [4.78, 5) is 1.36. The van der Waals surface area contributed by atoms with Crippen molar-refractivity contribution in [3.05, 3.63) is 30.3 Å². The molecular formula is C13H18OS. The van der Waals surface area contributed by atoms with Crippen LogP contribution in [0, 0.1) is 5.92 Å². The summed E-state index contributed by atoms with van der Waals surface area (Å²) >= 11 is 1.97. The van der Waals surface area contributed by atoms with Crippen molar-refractivity contribution >= 4 is 11.8 Å². The maximum atomic E-state index is 5.78. The van der Waals surface area contributed by atoms with Gasteiger partial charge in [-0.2, -0.15) is 0 Å². The third-order valence-electron chi connectivity index (χ3n) is 2.92. The molecule has 0 radical (unpaired) electrons. The second-order valence-corrected chi connectivity index (χ2v) is 5.40. The fraction of sp³-hybridized carbons (Fsp3) is 0.538. The molecule has 2 heteroatoms. The number of benzene rings is 1. The quantitative estimate of drug-likeness (QED) is 0.773. The van der Waals surface area contributed by atoms with Gasteiger partial charge in [0.05, 0.1) is 12.7 Å². The molecule has 0 N–H and O–H groups in total. The highest BCUT2D eigenvalue weighted by atomic mass is 32.2. The van der Waals surface area contributed by atoms with E-state index >= 15 is 0 Å². The van der Waals surface area contributed by atoms with Crippen molar-refractivity contribution in [1.29, 1.82) is 0 Å². The Balaban J connectivity index is 2.04. The van der Waals surface area contributed by atoms with Gasteiger partial charge in [-0.15, -0.1) is 11.8 Å². The molecule has 1 saturated heterocycles.